The summed E-state index contributed by atoms with van der Waals surface area (Å²) in [6.07, 6.45) is 1.78. The van der Waals surface area contributed by atoms with Crippen LogP contribution in [0.25, 0.3) is 0 Å². The fourth-order valence-electron chi connectivity index (χ4n) is 1.49. The Labute approximate surface area is 95.0 Å². The Kier molecular flexibility index (Phi) is 4.49. The van der Waals surface area contributed by atoms with E-state index in [2.05, 4.69) is 5.10 Å². The summed E-state index contributed by atoms with van der Waals surface area (Å²) in [5, 5.41) is 13.6. The maximum atomic E-state index is 11.9. The van der Waals surface area contributed by atoms with Crippen molar-refractivity contribution < 1.29 is 14.6 Å². The number of ketones is 1. The lowest BCUT2D eigenvalue weighted by Crippen LogP contribution is -2.23. The molecule has 0 saturated carbocycles. The molecule has 0 aliphatic rings. The third-order valence-electron chi connectivity index (χ3n) is 2.38. The van der Waals surface area contributed by atoms with E-state index in [0.29, 0.717) is 24.4 Å². The molecule has 1 aromatic rings. The lowest BCUT2D eigenvalue weighted by atomic mass is 10.1. The molecule has 0 fully saturated rings. The van der Waals surface area contributed by atoms with Crippen molar-refractivity contribution in [1.82, 2.24) is 9.78 Å². The lowest BCUT2D eigenvalue weighted by molar-refractivity contribution is 0.0725. The Balaban J connectivity index is 3.07. The number of carbonyl (C=O) groups is 1. The minimum atomic E-state index is -0.985. The molecule has 0 radical (unpaired) electrons. The first kappa shape index (κ1) is 12.7. The fraction of sp³-hybridized carbons (Fsp3) is 0.636. The zero-order valence-corrected chi connectivity index (χ0v) is 9.93. The number of hydrogen-bond donors (Lipinski definition) is 1. The average molecular weight is 226 g/mol. The predicted octanol–water partition coefficient (Wildman–Crippen LogP) is 1.26. The van der Waals surface area contributed by atoms with E-state index in [1.54, 1.807) is 11.6 Å². The summed E-state index contributed by atoms with van der Waals surface area (Å²) in [4.78, 5) is 11.9. The number of ether oxygens (including phenoxy) is 1. The summed E-state index contributed by atoms with van der Waals surface area (Å²) in [5.74, 6) is 0.0938. The van der Waals surface area contributed by atoms with Gasteiger partial charge >= 0.3 is 0 Å². The number of hydrogen-bond acceptors (Lipinski definition) is 4. The van der Waals surface area contributed by atoms with Crippen molar-refractivity contribution in [3.8, 4) is 5.75 Å². The molecule has 1 unspecified atom stereocenters. The van der Waals surface area contributed by atoms with Gasteiger partial charge in [0.2, 0.25) is 5.78 Å². The first-order valence-corrected chi connectivity index (χ1v) is 5.47. The fourth-order valence-corrected chi connectivity index (χ4v) is 1.49. The van der Waals surface area contributed by atoms with E-state index in [1.807, 2.05) is 6.92 Å². The molecule has 1 rings (SSSR count). The van der Waals surface area contributed by atoms with Crippen LogP contribution in [0.2, 0.25) is 0 Å². The van der Waals surface area contributed by atoms with Gasteiger partial charge in [-0.25, -0.2) is 0 Å². The van der Waals surface area contributed by atoms with Gasteiger partial charge in [0.05, 0.1) is 13.3 Å². The molecule has 1 aromatic heterocycles. The van der Waals surface area contributed by atoms with Gasteiger partial charge in [-0.2, -0.15) is 5.10 Å². The first-order chi connectivity index (χ1) is 7.65. The second-order valence-corrected chi connectivity index (χ2v) is 3.57. The maximum Gasteiger partial charge on any atom is 0.213 e. The summed E-state index contributed by atoms with van der Waals surface area (Å²) >= 11 is 0. The molecule has 1 N–H and O–H groups in total. The zero-order valence-electron chi connectivity index (χ0n) is 9.93. The quantitative estimate of drug-likeness (QED) is 0.741. The number of Topliss-reactive ketones (excluding diaryl/α,β-unsaturated/α-hetero) is 1. The third-order valence-corrected chi connectivity index (χ3v) is 2.38. The minimum absolute atomic E-state index is 0.328. The molecule has 16 heavy (non-hydrogen) atoms. The van der Waals surface area contributed by atoms with Crippen LogP contribution in [-0.2, 0) is 6.54 Å². The van der Waals surface area contributed by atoms with Crippen LogP contribution in [0.1, 0.15) is 37.2 Å². The highest BCUT2D eigenvalue weighted by Crippen LogP contribution is 2.20. The van der Waals surface area contributed by atoms with Gasteiger partial charge in [-0.1, -0.05) is 13.8 Å². The molecule has 5 heteroatoms. The average Bonchev–Trinajstić information content (AvgIpc) is 2.70. The number of nitrogens with zero attached hydrogens (tertiary/aromatic N) is 2. The van der Waals surface area contributed by atoms with Gasteiger partial charge in [0.1, 0.15) is 11.8 Å². The lowest BCUT2D eigenvalue weighted by Gasteiger charge is -2.10. The van der Waals surface area contributed by atoms with Crippen LogP contribution < -0.4 is 4.74 Å². The van der Waals surface area contributed by atoms with E-state index in [1.165, 1.54) is 13.3 Å². The predicted molar refractivity (Wildman–Crippen MR) is 59.7 cm³/mol. The van der Waals surface area contributed by atoms with Gasteiger partial charge in [0, 0.05) is 6.54 Å². The Morgan fingerprint density at radius 2 is 2.31 bits per heavy atom. The van der Waals surface area contributed by atoms with Gasteiger partial charge in [-0.05, 0) is 12.8 Å². The van der Waals surface area contributed by atoms with Gasteiger partial charge in [-0.3, -0.25) is 9.48 Å². The SMILES string of the molecule is CCCn1ncc(OC)c1C(=O)C(O)CC. The highest BCUT2D eigenvalue weighted by Gasteiger charge is 2.24. The number of rotatable bonds is 6. The minimum Gasteiger partial charge on any atom is -0.493 e. The highest BCUT2D eigenvalue weighted by molar-refractivity contribution is 6.00. The van der Waals surface area contributed by atoms with E-state index in [4.69, 9.17) is 4.74 Å². The van der Waals surface area contributed by atoms with Crippen LogP contribution >= 0.6 is 0 Å². The summed E-state index contributed by atoms with van der Waals surface area (Å²) in [6.45, 7) is 4.40. The molecule has 5 nitrogen and oxygen atoms in total. The zero-order chi connectivity index (χ0) is 12.1. The van der Waals surface area contributed by atoms with Crippen LogP contribution in [0.15, 0.2) is 6.20 Å². The first-order valence-electron chi connectivity index (χ1n) is 5.47. The van der Waals surface area contributed by atoms with Crippen LogP contribution in [0.4, 0.5) is 0 Å². The van der Waals surface area contributed by atoms with Gasteiger partial charge < -0.3 is 9.84 Å². The van der Waals surface area contributed by atoms with Crippen molar-refractivity contribution in [3.05, 3.63) is 11.9 Å². The molecule has 0 aromatic carbocycles. The topological polar surface area (TPSA) is 64.4 Å². The van der Waals surface area contributed by atoms with Crippen molar-refractivity contribution in [2.45, 2.75) is 39.3 Å². The second-order valence-electron chi connectivity index (χ2n) is 3.57. The van der Waals surface area contributed by atoms with Crippen LogP contribution in [-0.4, -0.2) is 33.9 Å². The molecule has 90 valence electrons. The number of aromatic nitrogens is 2. The second kappa shape index (κ2) is 5.65. The number of aryl methyl sites for hydroxylation is 1. The molecular formula is C11H18N2O3. The standard InChI is InChI=1S/C11H18N2O3/c1-4-6-13-10(9(16-3)7-12-13)11(15)8(14)5-2/h7-8,14H,4-6H2,1-3H3. The van der Waals surface area contributed by atoms with Crippen LogP contribution in [0.5, 0.6) is 5.75 Å². The molecule has 0 bridgehead atoms. The van der Waals surface area contributed by atoms with Gasteiger partial charge in [0.15, 0.2) is 5.75 Å². The van der Waals surface area contributed by atoms with Crippen LogP contribution in [0, 0.1) is 0 Å². The number of methoxy groups -OCH3 is 1. The monoisotopic (exact) mass is 226 g/mol. The van der Waals surface area contributed by atoms with Crippen molar-refractivity contribution in [2.24, 2.45) is 0 Å². The molecule has 0 aliphatic heterocycles. The molecule has 0 amide bonds. The number of carbonyl (C=O) groups excluding carboxylic acids is 1. The number of aliphatic hydroxyl groups excluding tert-OH is 1. The van der Waals surface area contributed by atoms with Gasteiger partial charge in [-0.15, -0.1) is 0 Å². The normalized spacial score (nSPS) is 12.5. The molecule has 0 aliphatic carbocycles. The van der Waals surface area contributed by atoms with Crippen molar-refractivity contribution in [3.63, 3.8) is 0 Å². The van der Waals surface area contributed by atoms with Gasteiger partial charge in [0.25, 0.3) is 0 Å². The van der Waals surface area contributed by atoms with E-state index >= 15 is 0 Å². The Bertz CT molecular complexity index is 360. The van der Waals surface area contributed by atoms with E-state index in [9.17, 15) is 9.90 Å². The molecule has 0 saturated heterocycles. The largest absolute Gasteiger partial charge is 0.493 e. The summed E-state index contributed by atoms with van der Waals surface area (Å²) in [5.41, 5.74) is 0.360. The van der Waals surface area contributed by atoms with E-state index in [-0.39, 0.29) is 5.78 Å². The molecule has 1 atom stereocenters. The smallest absolute Gasteiger partial charge is 0.213 e. The van der Waals surface area contributed by atoms with E-state index in [0.717, 1.165) is 6.42 Å². The molecular weight excluding hydrogens is 208 g/mol. The summed E-state index contributed by atoms with van der Waals surface area (Å²) in [6, 6.07) is 0. The Morgan fingerprint density at radius 3 is 2.81 bits per heavy atom. The maximum absolute atomic E-state index is 11.9. The Morgan fingerprint density at radius 1 is 1.62 bits per heavy atom. The Hall–Kier alpha value is -1.36. The van der Waals surface area contributed by atoms with Crippen molar-refractivity contribution in [2.75, 3.05) is 7.11 Å². The van der Waals surface area contributed by atoms with Crippen molar-refractivity contribution in [1.29, 1.82) is 0 Å². The number of aliphatic hydroxyl groups is 1. The van der Waals surface area contributed by atoms with Crippen molar-refractivity contribution >= 4 is 5.78 Å². The summed E-state index contributed by atoms with van der Waals surface area (Å²) in [7, 11) is 1.49. The summed E-state index contributed by atoms with van der Waals surface area (Å²) < 4.78 is 6.66. The highest BCUT2D eigenvalue weighted by atomic mass is 16.5. The van der Waals surface area contributed by atoms with E-state index < -0.39 is 6.10 Å². The van der Waals surface area contributed by atoms with Crippen LogP contribution in [0.3, 0.4) is 0 Å². The third kappa shape index (κ3) is 2.41. The molecule has 0 spiro atoms. The molecule has 1 heterocycles.